The number of rotatable bonds is 6. The molecule has 2 N–H and O–H groups in total. The molecule has 37 heavy (non-hydrogen) atoms. The molecule has 0 saturated carbocycles. The molecule has 1 saturated heterocycles. The van der Waals surface area contributed by atoms with Crippen LogP contribution in [0.15, 0.2) is 28.7 Å². The number of fused-ring (bicyclic) bond motifs is 1. The molecule has 2 aromatic heterocycles. The van der Waals surface area contributed by atoms with E-state index in [2.05, 4.69) is 9.97 Å². The van der Waals surface area contributed by atoms with Crippen molar-refractivity contribution >= 4 is 22.8 Å². The Morgan fingerprint density at radius 3 is 2.59 bits per heavy atom. The van der Waals surface area contributed by atoms with Gasteiger partial charge in [0.25, 0.3) is 5.91 Å². The Bertz CT molecular complexity index is 1340. The van der Waals surface area contributed by atoms with Crippen molar-refractivity contribution in [2.45, 2.75) is 45.5 Å². The molecular formula is C25H27F3N4O5. The van der Waals surface area contributed by atoms with Crippen LogP contribution in [0, 0.1) is 5.92 Å². The van der Waals surface area contributed by atoms with Gasteiger partial charge >= 0.3 is 12.1 Å². The summed E-state index contributed by atoms with van der Waals surface area (Å²) in [4.78, 5) is 35.6. The number of nitrogens with two attached hydrogens (primary N) is 1. The number of ether oxygens (including phenoxy) is 2. The molecule has 1 aliphatic heterocycles. The van der Waals surface area contributed by atoms with Crippen LogP contribution in [0.25, 0.3) is 22.4 Å². The van der Waals surface area contributed by atoms with Crippen molar-refractivity contribution in [3.05, 3.63) is 41.4 Å². The predicted octanol–water partition coefficient (Wildman–Crippen LogP) is 4.35. The lowest BCUT2D eigenvalue weighted by Gasteiger charge is -2.22. The number of amides is 1. The van der Waals surface area contributed by atoms with Crippen LogP contribution in [-0.4, -0.2) is 53.0 Å². The number of hydrogen-bond acceptors (Lipinski definition) is 8. The van der Waals surface area contributed by atoms with Crippen LogP contribution in [0.3, 0.4) is 0 Å². The Morgan fingerprint density at radius 1 is 1.24 bits per heavy atom. The molecule has 198 valence electrons. The van der Waals surface area contributed by atoms with E-state index in [1.54, 1.807) is 19.9 Å². The molecule has 0 bridgehead atoms. The van der Waals surface area contributed by atoms with Crippen LogP contribution in [0.1, 0.15) is 55.2 Å². The normalized spacial score (nSPS) is 18.8. The Labute approximate surface area is 210 Å². The molecule has 0 unspecified atom stereocenters. The smallest absolute Gasteiger partial charge is 0.433 e. The van der Waals surface area contributed by atoms with E-state index < -0.39 is 35.8 Å². The van der Waals surface area contributed by atoms with Gasteiger partial charge in [0.2, 0.25) is 5.89 Å². The lowest BCUT2D eigenvalue weighted by atomic mass is 10.1. The summed E-state index contributed by atoms with van der Waals surface area (Å²) in [5.74, 6) is -0.791. The monoisotopic (exact) mass is 520 g/mol. The summed E-state index contributed by atoms with van der Waals surface area (Å²) in [6.45, 7) is 5.72. The third kappa shape index (κ3) is 4.97. The Morgan fingerprint density at radius 2 is 1.97 bits per heavy atom. The minimum Gasteiger partial charge on any atom is -0.494 e. The van der Waals surface area contributed by atoms with Crippen molar-refractivity contribution < 1.29 is 36.7 Å². The van der Waals surface area contributed by atoms with Crippen LogP contribution in [0.4, 0.5) is 13.2 Å². The molecule has 3 heterocycles. The van der Waals surface area contributed by atoms with Gasteiger partial charge in [0, 0.05) is 17.5 Å². The first-order valence-electron chi connectivity index (χ1n) is 11.7. The molecule has 1 aliphatic rings. The maximum Gasteiger partial charge on any atom is 0.433 e. The molecule has 3 atom stereocenters. The Balaban J connectivity index is 1.81. The van der Waals surface area contributed by atoms with E-state index in [1.807, 2.05) is 6.92 Å². The number of benzene rings is 1. The molecule has 1 aromatic carbocycles. The van der Waals surface area contributed by atoms with Crippen molar-refractivity contribution in [1.82, 2.24) is 14.9 Å². The van der Waals surface area contributed by atoms with Crippen molar-refractivity contribution in [3.8, 4) is 17.2 Å². The highest BCUT2D eigenvalue weighted by Gasteiger charge is 2.41. The van der Waals surface area contributed by atoms with E-state index in [4.69, 9.17) is 19.6 Å². The second-order valence-corrected chi connectivity index (χ2v) is 8.99. The Hall–Kier alpha value is -3.67. The third-order valence-electron chi connectivity index (χ3n) is 6.16. The molecule has 12 heteroatoms. The number of likely N-dealkylation sites (tertiary alicyclic amines) is 1. The zero-order valence-corrected chi connectivity index (χ0v) is 20.8. The van der Waals surface area contributed by atoms with Gasteiger partial charge in [-0.05, 0) is 50.5 Å². The van der Waals surface area contributed by atoms with Gasteiger partial charge in [0.1, 0.15) is 23.0 Å². The lowest BCUT2D eigenvalue weighted by molar-refractivity contribution is -0.147. The van der Waals surface area contributed by atoms with Gasteiger partial charge in [0.15, 0.2) is 11.5 Å². The van der Waals surface area contributed by atoms with E-state index in [1.165, 1.54) is 24.1 Å². The summed E-state index contributed by atoms with van der Waals surface area (Å²) in [6.07, 6.45) is -4.21. The highest BCUT2D eigenvalue weighted by atomic mass is 19.4. The van der Waals surface area contributed by atoms with Crippen LogP contribution >= 0.6 is 0 Å². The maximum absolute atomic E-state index is 13.6. The fraction of sp³-hybridized carbons (Fsp3) is 0.440. The SMILES string of the molecule is CCOC(=O)[C@@H]1C[C@@H](C)CN1C(=O)c1nc(-c2ccc(OC)c3nc(C(F)(F)F)ccc23)oc1[C@H](C)N. The molecule has 0 aliphatic carbocycles. The predicted molar refractivity (Wildman–Crippen MR) is 127 cm³/mol. The number of alkyl halides is 3. The van der Waals surface area contributed by atoms with Crippen LogP contribution in [0.5, 0.6) is 5.75 Å². The second-order valence-electron chi connectivity index (χ2n) is 8.99. The number of nitrogens with zero attached hydrogens (tertiary/aromatic N) is 3. The maximum atomic E-state index is 13.6. The second kappa shape index (κ2) is 10.0. The largest absolute Gasteiger partial charge is 0.494 e. The summed E-state index contributed by atoms with van der Waals surface area (Å²) in [6, 6.07) is 3.60. The summed E-state index contributed by atoms with van der Waals surface area (Å²) in [7, 11) is 1.32. The number of oxazole rings is 1. The van der Waals surface area contributed by atoms with Gasteiger partial charge in [-0.3, -0.25) is 4.79 Å². The summed E-state index contributed by atoms with van der Waals surface area (Å²) < 4.78 is 56.2. The highest BCUT2D eigenvalue weighted by molar-refractivity contribution is 5.99. The molecule has 9 nitrogen and oxygen atoms in total. The summed E-state index contributed by atoms with van der Waals surface area (Å²) >= 11 is 0. The first kappa shape index (κ1) is 26.4. The zero-order chi connectivity index (χ0) is 27.1. The van der Waals surface area contributed by atoms with E-state index in [0.717, 1.165) is 6.07 Å². The van der Waals surface area contributed by atoms with Gasteiger partial charge in [-0.2, -0.15) is 13.2 Å². The molecule has 3 aromatic rings. The first-order chi connectivity index (χ1) is 17.5. The Kier molecular flexibility index (Phi) is 7.13. The van der Waals surface area contributed by atoms with Crippen molar-refractivity contribution in [2.75, 3.05) is 20.3 Å². The van der Waals surface area contributed by atoms with Crippen LogP contribution in [0.2, 0.25) is 0 Å². The number of pyridine rings is 1. The fourth-order valence-electron chi connectivity index (χ4n) is 4.48. The number of aromatic nitrogens is 2. The van der Waals surface area contributed by atoms with Gasteiger partial charge < -0.3 is 24.5 Å². The topological polar surface area (TPSA) is 121 Å². The number of esters is 1. The van der Waals surface area contributed by atoms with E-state index in [-0.39, 0.29) is 46.5 Å². The molecule has 1 amide bonds. The van der Waals surface area contributed by atoms with Gasteiger partial charge in [-0.1, -0.05) is 6.92 Å². The third-order valence-corrected chi connectivity index (χ3v) is 6.16. The molecule has 4 rings (SSSR count). The highest BCUT2D eigenvalue weighted by Crippen LogP contribution is 2.38. The zero-order valence-electron chi connectivity index (χ0n) is 20.8. The molecule has 0 radical (unpaired) electrons. The van der Waals surface area contributed by atoms with E-state index >= 15 is 0 Å². The minimum absolute atomic E-state index is 0.0233. The number of methoxy groups -OCH3 is 1. The molecule has 0 spiro atoms. The van der Waals surface area contributed by atoms with Gasteiger partial charge in [0.05, 0.1) is 19.8 Å². The van der Waals surface area contributed by atoms with E-state index in [0.29, 0.717) is 18.5 Å². The standard InChI is InChI=1S/C25H27F3N4O5/c1-5-36-24(34)16-10-12(2)11-32(16)23(33)20-21(13(3)29)37-22(31-20)15-6-8-17(35-4)19-14(15)7-9-18(30-19)25(26,27)28/h6-9,12-13,16H,5,10-11,29H2,1-4H3/t12-,13+,16+/m1/s1. The van der Waals surface area contributed by atoms with Crippen LogP contribution < -0.4 is 10.5 Å². The van der Waals surface area contributed by atoms with Crippen LogP contribution in [-0.2, 0) is 15.7 Å². The number of hydrogen-bond donors (Lipinski definition) is 1. The van der Waals surface area contributed by atoms with Crippen molar-refractivity contribution in [1.29, 1.82) is 0 Å². The van der Waals surface area contributed by atoms with Crippen molar-refractivity contribution in [3.63, 3.8) is 0 Å². The average Bonchev–Trinajstić information content (AvgIpc) is 3.46. The molecular weight excluding hydrogens is 493 g/mol. The van der Waals surface area contributed by atoms with Gasteiger partial charge in [-0.25, -0.2) is 14.8 Å². The summed E-state index contributed by atoms with van der Waals surface area (Å²) in [5, 5.41) is 0.281. The summed E-state index contributed by atoms with van der Waals surface area (Å²) in [5.41, 5.74) is 5.19. The first-order valence-corrected chi connectivity index (χ1v) is 11.7. The van der Waals surface area contributed by atoms with Crippen molar-refractivity contribution in [2.24, 2.45) is 11.7 Å². The lowest BCUT2D eigenvalue weighted by Crippen LogP contribution is -2.42. The fourth-order valence-corrected chi connectivity index (χ4v) is 4.48. The number of carbonyl (C=O) groups is 2. The molecule has 1 fully saturated rings. The number of halogens is 3. The quantitative estimate of drug-likeness (QED) is 0.476. The number of carbonyl (C=O) groups excluding carboxylic acids is 2. The average molecular weight is 521 g/mol. The van der Waals surface area contributed by atoms with E-state index in [9.17, 15) is 22.8 Å². The van der Waals surface area contributed by atoms with Gasteiger partial charge in [-0.15, -0.1) is 0 Å². The minimum atomic E-state index is -4.65.